The number of amides is 2. The molecule has 13 heteroatoms. The van der Waals surface area contributed by atoms with Gasteiger partial charge in [-0.1, -0.05) is 12.1 Å². The number of hydrazone groups is 1. The zero-order valence-corrected chi connectivity index (χ0v) is 19.6. The molecule has 0 aliphatic carbocycles. The van der Waals surface area contributed by atoms with Gasteiger partial charge in [0.15, 0.2) is 0 Å². The number of alkyl halides is 3. The van der Waals surface area contributed by atoms with E-state index < -0.39 is 11.7 Å². The lowest BCUT2D eigenvalue weighted by Gasteiger charge is -2.29. The van der Waals surface area contributed by atoms with Crippen molar-refractivity contribution in [2.45, 2.75) is 19.3 Å². The molecule has 0 spiro atoms. The van der Waals surface area contributed by atoms with E-state index >= 15 is 0 Å². The highest BCUT2D eigenvalue weighted by molar-refractivity contribution is 5.89. The van der Waals surface area contributed by atoms with Crippen molar-refractivity contribution >= 4 is 29.7 Å². The minimum atomic E-state index is -4.44. The minimum absolute atomic E-state index is 0.179. The molecular formula is C24H23F3N8O2. The summed E-state index contributed by atoms with van der Waals surface area (Å²) in [5, 5.41) is 6.87. The Hall–Kier alpha value is -4.26. The van der Waals surface area contributed by atoms with Gasteiger partial charge in [-0.3, -0.25) is 4.98 Å². The van der Waals surface area contributed by atoms with Gasteiger partial charge in [0, 0.05) is 24.8 Å². The molecule has 2 amide bonds. The number of benzene rings is 1. The lowest BCUT2D eigenvalue weighted by molar-refractivity contribution is -0.137. The molecule has 5 rings (SSSR count). The van der Waals surface area contributed by atoms with Crippen LogP contribution in [0.2, 0.25) is 0 Å². The molecule has 37 heavy (non-hydrogen) atoms. The Morgan fingerprint density at radius 1 is 1.11 bits per heavy atom. The lowest BCUT2D eigenvalue weighted by atomic mass is 10.1. The highest BCUT2D eigenvalue weighted by Gasteiger charge is 2.31. The van der Waals surface area contributed by atoms with Crippen LogP contribution in [0.3, 0.4) is 0 Å². The molecule has 0 radical (unpaired) electrons. The number of anilines is 3. The molecule has 2 N–H and O–H groups in total. The van der Waals surface area contributed by atoms with Crippen LogP contribution in [-0.2, 0) is 24.0 Å². The SMILES string of the molecule is O=C(Nc1cccnc1)N1Cc2nc(N/N=C/c3cccc(C(F)(F)F)c3)nc(N3CCOCC3)c2C1. The van der Waals surface area contributed by atoms with Crippen LogP contribution in [0.4, 0.5) is 35.4 Å². The number of aromatic nitrogens is 3. The van der Waals surface area contributed by atoms with Gasteiger partial charge < -0.3 is 19.9 Å². The van der Waals surface area contributed by atoms with Gasteiger partial charge in [0.05, 0.1) is 55.7 Å². The Bertz CT molecular complexity index is 1300. The molecule has 2 aliphatic heterocycles. The Kier molecular flexibility index (Phi) is 6.86. The summed E-state index contributed by atoms with van der Waals surface area (Å²) in [6.07, 6.45) is 0.0105. The third-order valence-corrected chi connectivity index (χ3v) is 5.86. The molecule has 1 fully saturated rings. The highest BCUT2D eigenvalue weighted by atomic mass is 19.4. The zero-order chi connectivity index (χ0) is 25.8. The number of urea groups is 1. The number of halogens is 3. The fraction of sp³-hybridized carbons (Fsp3) is 0.292. The van der Waals surface area contributed by atoms with Crippen molar-refractivity contribution in [3.05, 3.63) is 71.2 Å². The van der Waals surface area contributed by atoms with E-state index in [-0.39, 0.29) is 24.1 Å². The molecule has 0 saturated carbocycles. The number of pyridine rings is 1. The molecule has 0 bridgehead atoms. The summed E-state index contributed by atoms with van der Waals surface area (Å²) in [7, 11) is 0. The second-order valence-corrected chi connectivity index (χ2v) is 8.42. The number of hydrogen-bond acceptors (Lipinski definition) is 8. The summed E-state index contributed by atoms with van der Waals surface area (Å²) < 4.78 is 44.4. The monoisotopic (exact) mass is 512 g/mol. The molecule has 0 atom stereocenters. The van der Waals surface area contributed by atoms with Crippen molar-refractivity contribution in [1.82, 2.24) is 19.9 Å². The first kappa shape index (κ1) is 24.4. The van der Waals surface area contributed by atoms with Crippen LogP contribution in [0.15, 0.2) is 53.9 Å². The van der Waals surface area contributed by atoms with Gasteiger partial charge in [0.25, 0.3) is 0 Å². The number of rotatable bonds is 5. The maximum atomic E-state index is 13.0. The van der Waals surface area contributed by atoms with Crippen molar-refractivity contribution in [3.8, 4) is 0 Å². The van der Waals surface area contributed by atoms with Crippen LogP contribution in [0, 0.1) is 0 Å². The molecule has 3 aromatic rings. The lowest BCUT2D eigenvalue weighted by Crippen LogP contribution is -2.37. The first-order chi connectivity index (χ1) is 17.9. The fourth-order valence-electron chi connectivity index (χ4n) is 4.07. The number of fused-ring (bicyclic) bond motifs is 1. The Morgan fingerprint density at radius 3 is 2.70 bits per heavy atom. The van der Waals surface area contributed by atoms with Crippen molar-refractivity contribution in [3.63, 3.8) is 0 Å². The standard InChI is InChI=1S/C24H23F3N8O2/c25-24(26,27)17-4-1-3-16(11-17)12-29-33-22-31-20-15-35(23(36)30-18-5-2-6-28-13-18)14-19(20)21(32-22)34-7-9-37-10-8-34/h1-6,11-13H,7-10,14-15H2,(H,30,36)(H,31,32,33)/b29-12+. The first-order valence-electron chi connectivity index (χ1n) is 11.5. The maximum Gasteiger partial charge on any atom is 0.416 e. The zero-order valence-electron chi connectivity index (χ0n) is 19.6. The smallest absolute Gasteiger partial charge is 0.378 e. The topological polar surface area (TPSA) is 108 Å². The van der Waals surface area contributed by atoms with Crippen molar-refractivity contribution in [1.29, 1.82) is 0 Å². The van der Waals surface area contributed by atoms with E-state index in [1.54, 1.807) is 29.4 Å². The van der Waals surface area contributed by atoms with Gasteiger partial charge in [-0.15, -0.1) is 0 Å². The Labute approximate surface area is 210 Å². The van der Waals surface area contributed by atoms with Gasteiger partial charge in [0.1, 0.15) is 5.82 Å². The van der Waals surface area contributed by atoms with Crippen molar-refractivity contribution in [2.75, 3.05) is 41.9 Å². The first-order valence-corrected chi connectivity index (χ1v) is 11.5. The van der Waals surface area contributed by atoms with Crippen LogP contribution >= 0.6 is 0 Å². The van der Waals surface area contributed by atoms with Gasteiger partial charge >= 0.3 is 12.2 Å². The van der Waals surface area contributed by atoms with Crippen molar-refractivity contribution in [2.24, 2.45) is 5.10 Å². The molecule has 10 nitrogen and oxygen atoms in total. The summed E-state index contributed by atoms with van der Waals surface area (Å²) in [6.45, 7) is 2.91. The maximum absolute atomic E-state index is 13.0. The van der Waals surface area contributed by atoms with Gasteiger partial charge in [0.2, 0.25) is 5.95 Å². The third kappa shape index (κ3) is 5.77. The normalized spacial score (nSPS) is 15.6. The molecule has 2 aliphatic rings. The summed E-state index contributed by atoms with van der Waals surface area (Å²) in [5.41, 5.74) is 4.31. The van der Waals surface area contributed by atoms with Crippen LogP contribution in [0.25, 0.3) is 0 Å². The minimum Gasteiger partial charge on any atom is -0.378 e. The third-order valence-electron chi connectivity index (χ3n) is 5.86. The molecule has 4 heterocycles. The quantitative estimate of drug-likeness (QED) is 0.396. The van der Waals surface area contributed by atoms with E-state index in [0.29, 0.717) is 50.0 Å². The second kappa shape index (κ2) is 10.4. The van der Waals surface area contributed by atoms with Crippen molar-refractivity contribution < 1.29 is 22.7 Å². The molecular weight excluding hydrogens is 489 g/mol. The predicted octanol–water partition coefficient (Wildman–Crippen LogP) is 3.72. The molecule has 0 unspecified atom stereocenters. The van der Waals surface area contributed by atoms with E-state index in [1.807, 2.05) is 0 Å². The highest BCUT2D eigenvalue weighted by Crippen LogP contribution is 2.32. The molecule has 1 saturated heterocycles. The summed E-state index contributed by atoms with van der Waals surface area (Å²) in [4.78, 5) is 29.7. The van der Waals surface area contributed by atoms with Gasteiger partial charge in [-0.05, 0) is 29.8 Å². The van der Waals surface area contributed by atoms with Crippen LogP contribution in [0.5, 0.6) is 0 Å². The number of carbonyl (C=O) groups is 1. The van der Waals surface area contributed by atoms with E-state index in [4.69, 9.17) is 4.74 Å². The van der Waals surface area contributed by atoms with Gasteiger partial charge in [-0.2, -0.15) is 23.3 Å². The van der Waals surface area contributed by atoms with Crippen LogP contribution in [-0.4, -0.2) is 58.4 Å². The summed E-state index contributed by atoms with van der Waals surface area (Å²) >= 11 is 0. The number of hydrogen-bond donors (Lipinski definition) is 2. The molecule has 192 valence electrons. The van der Waals surface area contributed by atoms with E-state index in [0.717, 1.165) is 17.7 Å². The number of carbonyl (C=O) groups excluding carboxylic acids is 1. The number of morpholine rings is 1. The number of ether oxygens (including phenoxy) is 1. The average molecular weight is 512 g/mol. The van der Waals surface area contributed by atoms with Gasteiger partial charge in [-0.25, -0.2) is 15.2 Å². The summed E-state index contributed by atoms with van der Waals surface area (Å²) in [5.74, 6) is 0.847. The summed E-state index contributed by atoms with van der Waals surface area (Å²) in [6, 6.07) is 8.02. The van der Waals surface area contributed by atoms with E-state index in [9.17, 15) is 18.0 Å². The predicted molar refractivity (Wildman–Crippen MR) is 130 cm³/mol. The Morgan fingerprint density at radius 2 is 1.95 bits per heavy atom. The molecule has 2 aromatic heterocycles. The van der Waals surface area contributed by atoms with E-state index in [1.165, 1.54) is 18.3 Å². The van der Waals surface area contributed by atoms with Crippen LogP contribution in [0.1, 0.15) is 22.4 Å². The van der Waals surface area contributed by atoms with Crippen LogP contribution < -0.4 is 15.6 Å². The molecule has 1 aromatic carbocycles. The van der Waals surface area contributed by atoms with E-state index in [2.05, 4.69) is 35.7 Å². The fourth-order valence-corrected chi connectivity index (χ4v) is 4.07. The number of nitrogens with one attached hydrogen (secondary N) is 2. The second-order valence-electron chi connectivity index (χ2n) is 8.42. The number of nitrogens with zero attached hydrogens (tertiary/aromatic N) is 6. The Balaban J connectivity index is 1.36. The largest absolute Gasteiger partial charge is 0.416 e. The average Bonchev–Trinajstić information content (AvgIpc) is 3.34.